The molecule has 32 heavy (non-hydrogen) atoms. The van der Waals surface area contributed by atoms with E-state index < -0.39 is 5.66 Å². The fourth-order valence-corrected chi connectivity index (χ4v) is 4.41. The van der Waals surface area contributed by atoms with Crippen LogP contribution in [0.1, 0.15) is 18.1 Å². The molecule has 1 N–H and O–H groups in total. The van der Waals surface area contributed by atoms with Crippen LogP contribution in [-0.2, 0) is 4.79 Å². The van der Waals surface area contributed by atoms with E-state index >= 15 is 0 Å². The number of para-hydroxylation sites is 2. The van der Waals surface area contributed by atoms with Crippen molar-refractivity contribution in [3.63, 3.8) is 0 Å². The minimum atomic E-state index is -1.00. The van der Waals surface area contributed by atoms with Crippen LogP contribution in [0, 0.1) is 0 Å². The molecule has 3 nitrogen and oxygen atoms in total. The summed E-state index contributed by atoms with van der Waals surface area (Å²) in [5, 5.41) is 3.55. The largest absolute Gasteiger partial charge is 0.356 e. The molecule has 1 unspecified atom stereocenters. The first-order valence-electron chi connectivity index (χ1n) is 10.8. The third kappa shape index (κ3) is 3.38. The average molecular weight is 417 g/mol. The molecule has 0 saturated carbocycles. The number of carbonyl (C=O) groups excluding carboxylic acids is 1. The van der Waals surface area contributed by atoms with Crippen LogP contribution >= 0.6 is 0 Å². The maximum atomic E-state index is 14.2. The average Bonchev–Trinajstić information content (AvgIpc) is 3.08. The lowest BCUT2D eigenvalue weighted by Crippen LogP contribution is -2.53. The normalized spacial score (nSPS) is 18.2. The number of nitrogens with zero attached hydrogens (tertiary/aromatic N) is 1. The van der Waals surface area contributed by atoms with Crippen LogP contribution in [0.3, 0.4) is 0 Å². The molecule has 1 heterocycles. The summed E-state index contributed by atoms with van der Waals surface area (Å²) < 4.78 is 0. The summed E-state index contributed by atoms with van der Waals surface area (Å²) in [5.74, 6) is 0.0373. The minimum absolute atomic E-state index is 0.0373. The second-order valence-electron chi connectivity index (χ2n) is 8.02. The predicted octanol–water partition coefficient (Wildman–Crippen LogP) is 6.47. The van der Waals surface area contributed by atoms with E-state index in [0.29, 0.717) is 5.57 Å². The highest BCUT2D eigenvalue weighted by molar-refractivity contribution is 6.38. The summed E-state index contributed by atoms with van der Waals surface area (Å²) in [4.78, 5) is 16.4. The second-order valence-corrected chi connectivity index (χ2v) is 8.02. The summed E-state index contributed by atoms with van der Waals surface area (Å²) in [6, 6.07) is 40.1. The molecule has 0 bridgehead atoms. The molecule has 0 aromatic heterocycles. The number of nitrogens with one attached hydrogen (secondary N) is 1. The quantitative estimate of drug-likeness (QED) is 0.404. The number of hydrogen-bond donors (Lipinski definition) is 1. The number of Topliss-reactive ketones (excluding diaryl/α,β-unsaturated/α-hetero) is 1. The molecule has 0 saturated heterocycles. The lowest BCUT2D eigenvalue weighted by molar-refractivity contribution is -0.116. The topological polar surface area (TPSA) is 32.3 Å². The molecule has 156 valence electrons. The van der Waals surface area contributed by atoms with Gasteiger partial charge in [0.1, 0.15) is 0 Å². The van der Waals surface area contributed by atoms with E-state index in [0.717, 1.165) is 28.2 Å². The van der Waals surface area contributed by atoms with Crippen molar-refractivity contribution in [1.82, 2.24) is 0 Å². The van der Waals surface area contributed by atoms with Gasteiger partial charge < -0.3 is 10.2 Å². The van der Waals surface area contributed by atoms with E-state index in [1.54, 1.807) is 0 Å². The summed E-state index contributed by atoms with van der Waals surface area (Å²) in [6.45, 7) is 1.97. The first-order valence-corrected chi connectivity index (χ1v) is 10.8. The van der Waals surface area contributed by atoms with Crippen molar-refractivity contribution in [2.24, 2.45) is 0 Å². The maximum absolute atomic E-state index is 14.2. The van der Waals surface area contributed by atoms with Crippen LogP contribution in [-0.4, -0.2) is 11.4 Å². The Bertz CT molecular complexity index is 1250. The Labute approximate surface area is 188 Å². The lowest BCUT2D eigenvalue weighted by atomic mass is 9.95. The molecular weight excluding hydrogens is 392 g/mol. The number of anilines is 2. The van der Waals surface area contributed by atoms with Crippen molar-refractivity contribution in [3.05, 3.63) is 132 Å². The van der Waals surface area contributed by atoms with Crippen molar-refractivity contribution < 1.29 is 4.79 Å². The van der Waals surface area contributed by atoms with Crippen LogP contribution in [0.5, 0.6) is 0 Å². The van der Waals surface area contributed by atoms with Gasteiger partial charge in [-0.05, 0) is 42.3 Å². The van der Waals surface area contributed by atoms with Crippen LogP contribution < -0.4 is 10.2 Å². The molecule has 0 radical (unpaired) electrons. The second kappa shape index (κ2) is 8.20. The number of hydrogen-bond acceptors (Lipinski definition) is 3. The molecule has 1 aliphatic heterocycles. The van der Waals surface area contributed by atoms with Crippen molar-refractivity contribution in [1.29, 1.82) is 0 Å². The van der Waals surface area contributed by atoms with Crippen molar-refractivity contribution in [3.8, 4) is 0 Å². The van der Waals surface area contributed by atoms with Gasteiger partial charge in [-0.25, -0.2) is 0 Å². The Morgan fingerprint density at radius 3 is 1.66 bits per heavy atom. The third-order valence-electron chi connectivity index (χ3n) is 5.86. The van der Waals surface area contributed by atoms with E-state index in [1.165, 1.54) is 0 Å². The van der Waals surface area contributed by atoms with E-state index in [9.17, 15) is 4.79 Å². The Morgan fingerprint density at radius 2 is 1.09 bits per heavy atom. The van der Waals surface area contributed by atoms with Gasteiger partial charge in [-0.1, -0.05) is 97.1 Å². The summed E-state index contributed by atoms with van der Waals surface area (Å²) in [6.07, 6.45) is 0. The molecule has 5 rings (SSSR count). The number of carbonyl (C=O) groups is 1. The van der Waals surface area contributed by atoms with Crippen LogP contribution in [0.15, 0.2) is 121 Å². The SMILES string of the molecule is CC1(Nc2ccccc2)C(=O)C(c2ccccc2)=C(c2ccccc2)N1c1ccccc1. The van der Waals surface area contributed by atoms with Gasteiger partial charge in [0.05, 0.1) is 11.3 Å². The predicted molar refractivity (Wildman–Crippen MR) is 132 cm³/mol. The van der Waals surface area contributed by atoms with Crippen LogP contribution in [0.25, 0.3) is 11.3 Å². The van der Waals surface area contributed by atoms with Gasteiger partial charge in [-0.15, -0.1) is 0 Å². The molecule has 4 aromatic rings. The number of rotatable bonds is 5. The van der Waals surface area contributed by atoms with E-state index in [1.807, 2.05) is 104 Å². The molecule has 1 aliphatic rings. The van der Waals surface area contributed by atoms with E-state index in [2.05, 4.69) is 34.5 Å². The lowest BCUT2D eigenvalue weighted by Gasteiger charge is -2.39. The standard InChI is InChI=1S/C29H24N2O/c1-29(30-24-18-10-4-11-19-24)28(32)26(22-14-6-2-7-15-22)27(23-16-8-3-9-17-23)31(29)25-20-12-5-13-21-25/h2-21,30H,1H3. The molecule has 4 aromatic carbocycles. The fourth-order valence-electron chi connectivity index (χ4n) is 4.41. The van der Waals surface area contributed by atoms with Gasteiger partial charge in [-0.3, -0.25) is 4.79 Å². The van der Waals surface area contributed by atoms with Gasteiger partial charge in [0.15, 0.2) is 5.66 Å². The molecule has 0 aliphatic carbocycles. The molecular formula is C29H24N2O. The zero-order valence-electron chi connectivity index (χ0n) is 17.9. The Balaban J connectivity index is 1.78. The molecule has 0 spiro atoms. The Hall–Kier alpha value is -4.11. The first kappa shape index (κ1) is 19.8. The molecule has 0 amide bonds. The van der Waals surface area contributed by atoms with E-state index in [-0.39, 0.29) is 5.78 Å². The smallest absolute Gasteiger partial charge is 0.211 e. The van der Waals surface area contributed by atoms with Gasteiger partial charge in [0, 0.05) is 11.4 Å². The maximum Gasteiger partial charge on any atom is 0.211 e. The number of ketones is 1. The van der Waals surface area contributed by atoms with Crippen LogP contribution in [0.2, 0.25) is 0 Å². The van der Waals surface area contributed by atoms with Crippen LogP contribution in [0.4, 0.5) is 11.4 Å². The third-order valence-corrected chi connectivity index (χ3v) is 5.86. The van der Waals surface area contributed by atoms with E-state index in [4.69, 9.17) is 0 Å². The zero-order chi connectivity index (χ0) is 22.0. The van der Waals surface area contributed by atoms with Gasteiger partial charge in [-0.2, -0.15) is 0 Å². The fraction of sp³-hybridized carbons (Fsp3) is 0.0690. The Kier molecular flexibility index (Phi) is 5.08. The Morgan fingerprint density at radius 1 is 0.625 bits per heavy atom. The molecule has 1 atom stereocenters. The van der Waals surface area contributed by atoms with Gasteiger partial charge in [0.2, 0.25) is 5.78 Å². The van der Waals surface area contributed by atoms with Crippen molar-refractivity contribution in [2.45, 2.75) is 12.6 Å². The molecule has 0 fully saturated rings. The summed E-state index contributed by atoms with van der Waals surface area (Å²) >= 11 is 0. The first-order chi connectivity index (χ1) is 15.7. The van der Waals surface area contributed by atoms with Gasteiger partial charge in [0.25, 0.3) is 0 Å². The van der Waals surface area contributed by atoms with Crippen molar-refractivity contribution >= 4 is 28.4 Å². The highest BCUT2D eigenvalue weighted by Crippen LogP contribution is 2.46. The minimum Gasteiger partial charge on any atom is -0.356 e. The highest BCUT2D eigenvalue weighted by atomic mass is 16.1. The zero-order valence-corrected chi connectivity index (χ0v) is 17.9. The highest BCUT2D eigenvalue weighted by Gasteiger charge is 2.50. The van der Waals surface area contributed by atoms with Crippen molar-refractivity contribution in [2.75, 3.05) is 10.2 Å². The monoisotopic (exact) mass is 416 g/mol. The summed E-state index contributed by atoms with van der Waals surface area (Å²) in [7, 11) is 0. The number of benzene rings is 4. The van der Waals surface area contributed by atoms with Gasteiger partial charge >= 0.3 is 0 Å². The summed E-state index contributed by atoms with van der Waals surface area (Å²) in [5.41, 5.74) is 4.38. The molecule has 3 heteroatoms.